The highest BCUT2D eigenvalue weighted by atomic mass is 32.2. The number of benzene rings is 3. The van der Waals surface area contributed by atoms with Gasteiger partial charge in [0.15, 0.2) is 0 Å². The molecule has 1 atom stereocenters. The summed E-state index contributed by atoms with van der Waals surface area (Å²) in [6, 6.07) is 20.3. The lowest BCUT2D eigenvalue weighted by Gasteiger charge is -2.30. The number of hydrogen-bond donors (Lipinski definition) is 0. The van der Waals surface area contributed by atoms with Crippen molar-refractivity contribution in [1.29, 1.82) is 0 Å². The molecule has 0 saturated carbocycles. The van der Waals surface area contributed by atoms with Gasteiger partial charge in [0.25, 0.3) is 0 Å². The van der Waals surface area contributed by atoms with Crippen LogP contribution in [0.25, 0.3) is 22.2 Å². The molecule has 1 aromatic heterocycles. The van der Waals surface area contributed by atoms with E-state index in [1.807, 2.05) is 54.6 Å². The maximum absolute atomic E-state index is 13.5. The second-order valence-corrected chi connectivity index (χ2v) is 9.77. The second kappa shape index (κ2) is 8.37. The summed E-state index contributed by atoms with van der Waals surface area (Å²) in [5.74, 6) is 1.55. The lowest BCUT2D eigenvalue weighted by molar-refractivity contribution is 0.266. The third-order valence-electron chi connectivity index (χ3n) is 5.89. The van der Waals surface area contributed by atoms with Crippen LogP contribution in [0.1, 0.15) is 24.7 Å². The van der Waals surface area contributed by atoms with Gasteiger partial charge in [0, 0.05) is 24.0 Å². The van der Waals surface area contributed by atoms with Gasteiger partial charge in [0.05, 0.1) is 17.9 Å². The number of nitrogens with zero attached hydrogens (tertiary/aromatic N) is 3. The molecule has 32 heavy (non-hydrogen) atoms. The zero-order chi connectivity index (χ0) is 22.1. The standard InChI is InChI=1S/C24H23N3O4S/c1-30-20-13-11-18(12-14-20)23-25-24(31-26-23)19-8-5-15-27(16-19)32(28,29)22-10-4-7-17-6-2-3-9-21(17)22/h2-4,6-7,9-14,19H,5,8,15-16H2,1H3. The Morgan fingerprint density at radius 3 is 2.62 bits per heavy atom. The van der Waals surface area contributed by atoms with Crippen LogP contribution in [0, 0.1) is 0 Å². The molecule has 8 heteroatoms. The molecule has 7 nitrogen and oxygen atoms in total. The van der Waals surface area contributed by atoms with Crippen LogP contribution >= 0.6 is 0 Å². The van der Waals surface area contributed by atoms with Gasteiger partial charge in [0.2, 0.25) is 21.7 Å². The molecule has 1 aliphatic heterocycles. The minimum atomic E-state index is -3.65. The van der Waals surface area contributed by atoms with Crippen LogP contribution in [0.5, 0.6) is 5.75 Å². The minimum Gasteiger partial charge on any atom is -0.497 e. The molecule has 1 unspecified atom stereocenters. The molecule has 0 radical (unpaired) electrons. The van der Waals surface area contributed by atoms with E-state index in [1.165, 1.54) is 0 Å². The largest absolute Gasteiger partial charge is 0.497 e. The van der Waals surface area contributed by atoms with Gasteiger partial charge in [-0.1, -0.05) is 41.6 Å². The van der Waals surface area contributed by atoms with Crippen LogP contribution in [0.4, 0.5) is 0 Å². The maximum Gasteiger partial charge on any atom is 0.243 e. The summed E-state index contributed by atoms with van der Waals surface area (Å²) in [7, 11) is -2.04. The van der Waals surface area contributed by atoms with Gasteiger partial charge in [-0.05, 0) is 48.6 Å². The van der Waals surface area contributed by atoms with Crippen molar-refractivity contribution in [2.24, 2.45) is 0 Å². The van der Waals surface area contributed by atoms with Crippen molar-refractivity contribution in [3.8, 4) is 17.1 Å². The SMILES string of the molecule is COc1ccc(-c2noc(C3CCCN(S(=O)(=O)c4cccc5ccccc45)C3)n2)cc1. The quantitative estimate of drug-likeness (QED) is 0.447. The first-order valence-electron chi connectivity index (χ1n) is 10.5. The Balaban J connectivity index is 1.40. The number of methoxy groups -OCH3 is 1. The highest BCUT2D eigenvalue weighted by molar-refractivity contribution is 7.89. The van der Waals surface area contributed by atoms with E-state index in [0.717, 1.165) is 34.9 Å². The Kier molecular flexibility index (Phi) is 5.40. The van der Waals surface area contributed by atoms with Gasteiger partial charge in [-0.15, -0.1) is 0 Å². The van der Waals surface area contributed by atoms with Gasteiger partial charge >= 0.3 is 0 Å². The van der Waals surface area contributed by atoms with E-state index < -0.39 is 10.0 Å². The van der Waals surface area contributed by atoms with Crippen molar-refractivity contribution in [3.63, 3.8) is 0 Å². The molecule has 1 fully saturated rings. The summed E-state index contributed by atoms with van der Waals surface area (Å²) in [6.07, 6.45) is 1.53. The van der Waals surface area contributed by atoms with Crippen LogP contribution in [-0.2, 0) is 10.0 Å². The number of rotatable bonds is 5. The van der Waals surface area contributed by atoms with E-state index in [9.17, 15) is 8.42 Å². The molecule has 0 aliphatic carbocycles. The molecule has 2 heterocycles. The Morgan fingerprint density at radius 2 is 1.81 bits per heavy atom. The van der Waals surface area contributed by atoms with E-state index >= 15 is 0 Å². The fourth-order valence-corrected chi connectivity index (χ4v) is 5.92. The van der Waals surface area contributed by atoms with Gasteiger partial charge in [0.1, 0.15) is 5.75 Å². The van der Waals surface area contributed by atoms with Gasteiger partial charge in [-0.25, -0.2) is 8.42 Å². The highest BCUT2D eigenvalue weighted by Crippen LogP contribution is 2.33. The minimum absolute atomic E-state index is 0.145. The van der Waals surface area contributed by atoms with Crippen LogP contribution < -0.4 is 4.74 Å². The summed E-state index contributed by atoms with van der Waals surface area (Å²) < 4.78 is 39.3. The number of fused-ring (bicyclic) bond motifs is 1. The zero-order valence-electron chi connectivity index (χ0n) is 17.6. The number of aromatic nitrogens is 2. The normalized spacial score (nSPS) is 17.5. The Hall–Kier alpha value is -3.23. The summed E-state index contributed by atoms with van der Waals surface area (Å²) in [5, 5.41) is 5.75. The van der Waals surface area contributed by atoms with Gasteiger partial charge in [-0.2, -0.15) is 9.29 Å². The van der Waals surface area contributed by atoms with Crippen LogP contribution in [0.2, 0.25) is 0 Å². The summed E-state index contributed by atoms with van der Waals surface area (Å²) in [4.78, 5) is 4.89. The highest BCUT2D eigenvalue weighted by Gasteiger charge is 2.34. The molecule has 1 saturated heterocycles. The molecule has 0 amide bonds. The molecule has 164 valence electrons. The molecule has 0 bridgehead atoms. The van der Waals surface area contributed by atoms with E-state index in [-0.39, 0.29) is 5.92 Å². The van der Waals surface area contributed by atoms with E-state index in [0.29, 0.717) is 29.7 Å². The van der Waals surface area contributed by atoms with Crippen LogP contribution in [0.3, 0.4) is 0 Å². The molecule has 4 aromatic rings. The summed E-state index contributed by atoms with van der Waals surface area (Å²) in [5.41, 5.74) is 0.817. The Labute approximate surface area is 186 Å². The van der Waals surface area contributed by atoms with Crippen LogP contribution in [0.15, 0.2) is 76.1 Å². The topological polar surface area (TPSA) is 85.5 Å². The lowest BCUT2D eigenvalue weighted by Crippen LogP contribution is -2.39. The first-order chi connectivity index (χ1) is 15.6. The summed E-state index contributed by atoms with van der Waals surface area (Å²) in [6.45, 7) is 0.789. The smallest absolute Gasteiger partial charge is 0.243 e. The zero-order valence-corrected chi connectivity index (χ0v) is 18.5. The fourth-order valence-electron chi connectivity index (χ4n) is 4.18. The molecule has 5 rings (SSSR count). The average Bonchev–Trinajstić information content (AvgIpc) is 3.34. The lowest BCUT2D eigenvalue weighted by atomic mass is 10.00. The van der Waals surface area contributed by atoms with E-state index in [2.05, 4.69) is 10.1 Å². The third kappa shape index (κ3) is 3.76. The molecule has 3 aromatic carbocycles. The first-order valence-corrected chi connectivity index (χ1v) is 12.0. The van der Waals surface area contributed by atoms with Gasteiger partial charge < -0.3 is 9.26 Å². The molecule has 0 spiro atoms. The fraction of sp³-hybridized carbons (Fsp3) is 0.250. The predicted octanol–water partition coefficient (Wildman–Crippen LogP) is 4.47. The van der Waals surface area contributed by atoms with Crippen molar-refractivity contribution >= 4 is 20.8 Å². The van der Waals surface area contributed by atoms with Crippen LogP contribution in [-0.4, -0.2) is 43.1 Å². The first kappa shape index (κ1) is 20.7. The summed E-state index contributed by atoms with van der Waals surface area (Å²) >= 11 is 0. The van der Waals surface area contributed by atoms with Gasteiger partial charge in [-0.3, -0.25) is 0 Å². The number of piperidine rings is 1. The molecule has 1 aliphatic rings. The van der Waals surface area contributed by atoms with E-state index in [4.69, 9.17) is 9.26 Å². The van der Waals surface area contributed by atoms with Crippen molar-refractivity contribution in [3.05, 3.63) is 72.6 Å². The van der Waals surface area contributed by atoms with Crippen molar-refractivity contribution in [2.45, 2.75) is 23.7 Å². The van der Waals surface area contributed by atoms with Crippen molar-refractivity contribution < 1.29 is 17.7 Å². The number of ether oxygens (including phenoxy) is 1. The maximum atomic E-state index is 13.5. The Morgan fingerprint density at radius 1 is 1.03 bits per heavy atom. The second-order valence-electron chi connectivity index (χ2n) is 7.86. The monoisotopic (exact) mass is 449 g/mol. The molecular formula is C24H23N3O4S. The van der Waals surface area contributed by atoms with Crippen molar-refractivity contribution in [1.82, 2.24) is 14.4 Å². The third-order valence-corrected chi connectivity index (χ3v) is 7.81. The Bertz CT molecular complexity index is 1340. The molecular weight excluding hydrogens is 426 g/mol. The van der Waals surface area contributed by atoms with Crippen molar-refractivity contribution in [2.75, 3.05) is 20.2 Å². The predicted molar refractivity (Wildman–Crippen MR) is 121 cm³/mol. The van der Waals surface area contributed by atoms with E-state index in [1.54, 1.807) is 23.5 Å². The number of hydrogen-bond acceptors (Lipinski definition) is 6. The number of sulfonamides is 1. The molecule has 0 N–H and O–H groups in total. The average molecular weight is 450 g/mol.